The van der Waals surface area contributed by atoms with Crippen molar-refractivity contribution in [1.29, 1.82) is 0 Å². The van der Waals surface area contributed by atoms with Crippen molar-refractivity contribution in [2.75, 3.05) is 5.32 Å². The van der Waals surface area contributed by atoms with Gasteiger partial charge in [0.2, 0.25) is 23.7 Å². The number of fused-ring (bicyclic) bond motifs is 1. The lowest BCUT2D eigenvalue weighted by Crippen LogP contribution is -2.53. The van der Waals surface area contributed by atoms with Gasteiger partial charge in [-0.1, -0.05) is 55.3 Å². The number of hydrogen-bond acceptors (Lipinski definition) is 6. The van der Waals surface area contributed by atoms with Gasteiger partial charge in [-0.15, -0.1) is 0 Å². The van der Waals surface area contributed by atoms with Gasteiger partial charge in [-0.25, -0.2) is 9.97 Å². The molecule has 1 aliphatic carbocycles. The molecule has 10 heteroatoms. The number of hydrogen-bond donors (Lipinski definition) is 2. The van der Waals surface area contributed by atoms with E-state index in [-0.39, 0.29) is 42.0 Å². The molecule has 1 aliphatic heterocycles. The molecule has 2 fully saturated rings. The van der Waals surface area contributed by atoms with Gasteiger partial charge in [0.25, 0.3) is 5.95 Å². The normalized spacial score (nSPS) is 19.8. The number of nitrogens with zero attached hydrogens (tertiary/aromatic N) is 4. The van der Waals surface area contributed by atoms with Crippen molar-refractivity contribution >= 4 is 51.2 Å². The predicted octanol–water partition coefficient (Wildman–Crippen LogP) is 4.86. The third-order valence-corrected chi connectivity index (χ3v) is 8.00. The van der Waals surface area contributed by atoms with E-state index >= 15 is 0 Å². The number of aryl methyl sites for hydroxylation is 2. The quantitative estimate of drug-likeness (QED) is 0.236. The van der Waals surface area contributed by atoms with E-state index in [1.165, 1.54) is 4.90 Å². The van der Waals surface area contributed by atoms with Crippen LogP contribution in [0.15, 0.2) is 70.1 Å². The molecule has 2 aliphatic rings. The average Bonchev–Trinajstić information content (AvgIpc) is 3.18. The zero-order chi connectivity index (χ0) is 28.2. The summed E-state index contributed by atoms with van der Waals surface area (Å²) in [5, 5.41) is 6.00. The van der Waals surface area contributed by atoms with Crippen LogP contribution in [0, 0.1) is 25.7 Å². The predicted molar refractivity (Wildman–Crippen MR) is 156 cm³/mol. The summed E-state index contributed by atoms with van der Waals surface area (Å²) in [7, 11) is 0. The van der Waals surface area contributed by atoms with E-state index in [2.05, 4.69) is 41.5 Å². The van der Waals surface area contributed by atoms with Gasteiger partial charge in [0, 0.05) is 22.3 Å². The third kappa shape index (κ3) is 6.12. The summed E-state index contributed by atoms with van der Waals surface area (Å²) in [6, 6.07) is 17.6. The largest absolute Gasteiger partial charge is 0.325 e. The minimum Gasteiger partial charge on any atom is -0.325 e. The van der Waals surface area contributed by atoms with Gasteiger partial charge in [-0.05, 0) is 66.4 Å². The molecule has 0 unspecified atom stereocenters. The Morgan fingerprint density at radius 3 is 2.20 bits per heavy atom. The van der Waals surface area contributed by atoms with Gasteiger partial charge < -0.3 is 5.32 Å². The van der Waals surface area contributed by atoms with E-state index in [1.54, 1.807) is 0 Å². The number of guanidine groups is 1. The molecule has 1 aromatic heterocycles. The molecule has 9 nitrogen and oxygen atoms in total. The van der Waals surface area contributed by atoms with Gasteiger partial charge in [-0.2, -0.15) is 4.99 Å². The Morgan fingerprint density at radius 1 is 0.975 bits per heavy atom. The van der Waals surface area contributed by atoms with Crippen molar-refractivity contribution in [2.24, 2.45) is 16.8 Å². The maximum Gasteiger partial charge on any atom is 0.253 e. The van der Waals surface area contributed by atoms with Gasteiger partial charge >= 0.3 is 0 Å². The first kappa shape index (κ1) is 27.6. The number of carbonyl (C=O) groups excluding carboxylic acids is 3. The van der Waals surface area contributed by atoms with Crippen molar-refractivity contribution < 1.29 is 14.4 Å². The van der Waals surface area contributed by atoms with Crippen LogP contribution >= 0.6 is 15.9 Å². The van der Waals surface area contributed by atoms with Gasteiger partial charge in [-0.3, -0.25) is 24.6 Å². The van der Waals surface area contributed by atoms with Gasteiger partial charge in [0.05, 0.1) is 17.5 Å². The zero-order valence-electron chi connectivity index (χ0n) is 22.4. The fourth-order valence-electron chi connectivity index (χ4n) is 5.47. The van der Waals surface area contributed by atoms with E-state index in [1.807, 2.05) is 74.5 Å². The zero-order valence-corrected chi connectivity index (χ0v) is 24.0. The number of imide groups is 1. The Kier molecular flexibility index (Phi) is 8.35. The van der Waals surface area contributed by atoms with Crippen LogP contribution in [0.25, 0.3) is 0 Å². The SMILES string of the molecule is Cc1cc(C)nc(N=C(NC(=O)[C@@H](Cc2ccccc2)N2C(=O)[C@H]3CCCC[C@H]3C2=O)Nc2ccccc2Br)n1. The number of halogens is 1. The molecule has 3 aromatic rings. The highest BCUT2D eigenvalue weighted by Gasteiger charge is 2.51. The van der Waals surface area contributed by atoms with Crippen LogP contribution in [0.3, 0.4) is 0 Å². The molecule has 3 atom stereocenters. The molecular weight excluding hydrogens is 572 g/mol. The first-order valence-corrected chi connectivity index (χ1v) is 14.2. The smallest absolute Gasteiger partial charge is 0.253 e. The minimum absolute atomic E-state index is 0.0801. The second-order valence-corrected chi connectivity index (χ2v) is 11.1. The number of anilines is 1. The molecule has 2 aromatic carbocycles. The van der Waals surface area contributed by atoms with Crippen molar-refractivity contribution in [1.82, 2.24) is 20.2 Å². The second kappa shape index (κ2) is 12.1. The standard InChI is InChI=1S/C30H31BrN6O3/c1-18-16-19(2)33-29(32-18)36-30(34-24-15-9-8-14-23(24)31)35-26(38)25(17-20-10-4-3-5-11-20)37-27(39)21-12-6-7-13-22(21)28(37)40/h3-5,8-11,14-16,21-22,25H,6-7,12-13,17H2,1-2H3,(H2,32,33,34,35,36,38)/t21-,22+,25-/m1/s1. The number of carbonyl (C=O) groups is 3. The second-order valence-electron chi connectivity index (χ2n) is 10.3. The number of nitrogens with one attached hydrogen (secondary N) is 2. The molecular formula is C30H31BrN6O3. The maximum absolute atomic E-state index is 14.0. The van der Waals surface area contributed by atoms with Crippen molar-refractivity contribution in [3.8, 4) is 0 Å². The molecule has 2 N–H and O–H groups in total. The Bertz CT molecular complexity index is 1420. The van der Waals surface area contributed by atoms with Crippen molar-refractivity contribution in [2.45, 2.75) is 52.0 Å². The van der Waals surface area contributed by atoms with Crippen LogP contribution in [0.2, 0.25) is 0 Å². The number of rotatable bonds is 6. The summed E-state index contributed by atoms with van der Waals surface area (Å²) in [6.45, 7) is 3.68. The highest BCUT2D eigenvalue weighted by Crippen LogP contribution is 2.39. The highest BCUT2D eigenvalue weighted by atomic mass is 79.9. The van der Waals surface area contributed by atoms with Crippen LogP contribution in [-0.4, -0.2) is 44.6 Å². The summed E-state index contributed by atoms with van der Waals surface area (Å²) < 4.78 is 0.757. The summed E-state index contributed by atoms with van der Waals surface area (Å²) in [5.74, 6) is -1.51. The summed E-state index contributed by atoms with van der Waals surface area (Å²) in [6.07, 6.45) is 3.35. The molecule has 206 valence electrons. The molecule has 0 bridgehead atoms. The fourth-order valence-corrected chi connectivity index (χ4v) is 5.85. The first-order valence-electron chi connectivity index (χ1n) is 13.4. The van der Waals surface area contributed by atoms with Crippen LogP contribution in [0.1, 0.15) is 42.6 Å². The van der Waals surface area contributed by atoms with Gasteiger partial charge in [0.15, 0.2) is 0 Å². The minimum atomic E-state index is -1.04. The fraction of sp³-hybridized carbons (Fsp3) is 0.333. The summed E-state index contributed by atoms with van der Waals surface area (Å²) in [4.78, 5) is 55.6. The molecule has 1 saturated carbocycles. The molecule has 40 heavy (non-hydrogen) atoms. The van der Waals surface area contributed by atoms with E-state index in [0.717, 1.165) is 34.3 Å². The molecule has 0 spiro atoms. The number of likely N-dealkylation sites (tertiary alicyclic amines) is 1. The third-order valence-electron chi connectivity index (χ3n) is 7.31. The summed E-state index contributed by atoms with van der Waals surface area (Å²) >= 11 is 3.52. The van der Waals surface area contributed by atoms with E-state index < -0.39 is 11.9 Å². The number of aromatic nitrogens is 2. The van der Waals surface area contributed by atoms with Crippen LogP contribution in [0.5, 0.6) is 0 Å². The Hall–Kier alpha value is -3.92. The number of amides is 3. The van der Waals surface area contributed by atoms with Crippen LogP contribution < -0.4 is 10.6 Å². The first-order chi connectivity index (χ1) is 19.3. The monoisotopic (exact) mass is 602 g/mol. The highest BCUT2D eigenvalue weighted by molar-refractivity contribution is 9.10. The molecule has 1 saturated heterocycles. The lowest BCUT2D eigenvalue weighted by molar-refractivity contribution is -0.147. The molecule has 5 rings (SSSR count). The van der Waals surface area contributed by atoms with E-state index in [4.69, 9.17) is 0 Å². The van der Waals surface area contributed by atoms with Crippen molar-refractivity contribution in [3.63, 3.8) is 0 Å². The molecule has 3 amide bonds. The van der Waals surface area contributed by atoms with Gasteiger partial charge in [0.1, 0.15) is 6.04 Å². The maximum atomic E-state index is 14.0. The summed E-state index contributed by atoms with van der Waals surface area (Å²) in [5.41, 5.74) is 2.96. The lowest BCUT2D eigenvalue weighted by Gasteiger charge is -2.26. The Labute approximate surface area is 241 Å². The number of aliphatic imine (C=N–C) groups is 1. The lowest BCUT2D eigenvalue weighted by atomic mass is 9.81. The van der Waals surface area contributed by atoms with Crippen LogP contribution in [0.4, 0.5) is 11.6 Å². The molecule has 0 radical (unpaired) electrons. The van der Waals surface area contributed by atoms with Crippen LogP contribution in [-0.2, 0) is 20.8 Å². The molecule has 2 heterocycles. The number of benzene rings is 2. The topological polar surface area (TPSA) is 117 Å². The van der Waals surface area contributed by atoms with E-state index in [9.17, 15) is 14.4 Å². The Balaban J connectivity index is 1.50. The average molecular weight is 604 g/mol. The number of para-hydroxylation sites is 1. The van der Waals surface area contributed by atoms with E-state index in [0.29, 0.717) is 18.5 Å². The Morgan fingerprint density at radius 2 is 1.57 bits per heavy atom. The van der Waals surface area contributed by atoms with Crippen molar-refractivity contribution in [3.05, 3.63) is 82.1 Å².